The smallest absolute Gasteiger partial charge is 0.303 e. The molecule has 0 N–H and O–H groups in total. The largest absolute Gasteiger partial charge is 0.463 e. The average molecular weight is 647 g/mol. The van der Waals surface area contributed by atoms with Gasteiger partial charge in [-0.25, -0.2) is 10.0 Å². The van der Waals surface area contributed by atoms with Crippen LogP contribution in [-0.2, 0) is 42.9 Å². The minimum Gasteiger partial charge on any atom is -0.463 e. The van der Waals surface area contributed by atoms with Gasteiger partial charge in [0.25, 0.3) is 0 Å². The van der Waals surface area contributed by atoms with Gasteiger partial charge in [0.05, 0.1) is 0 Å². The molecule has 1 aliphatic heterocycles. The summed E-state index contributed by atoms with van der Waals surface area (Å²) < 4.78 is 28.5. The molecule has 0 radical (unpaired) electrons. The Kier molecular flexibility index (Phi) is 20.7. The summed E-state index contributed by atoms with van der Waals surface area (Å²) >= 11 is 0. The van der Waals surface area contributed by atoms with Gasteiger partial charge in [0.15, 0.2) is 18.3 Å². The van der Waals surface area contributed by atoms with E-state index >= 15 is 0 Å². The fourth-order valence-electron chi connectivity index (χ4n) is 5.84. The first-order valence-electron chi connectivity index (χ1n) is 16.9. The van der Waals surface area contributed by atoms with Crippen molar-refractivity contribution in [1.29, 1.82) is 0 Å². The molecule has 5 unspecified atom stereocenters. The zero-order valence-electron chi connectivity index (χ0n) is 28.7. The highest BCUT2D eigenvalue weighted by atomic mass is 32.3. The van der Waals surface area contributed by atoms with E-state index in [1.165, 1.54) is 118 Å². The number of rotatable bonds is 23. The van der Waals surface area contributed by atoms with Crippen LogP contribution in [0.25, 0.3) is 0 Å². The van der Waals surface area contributed by atoms with Gasteiger partial charge in [0.2, 0.25) is 0 Å². The summed E-state index contributed by atoms with van der Waals surface area (Å²) in [7, 11) is -1.56. The fourth-order valence-corrected chi connectivity index (χ4v) is 8.40. The van der Waals surface area contributed by atoms with E-state index in [1.54, 1.807) is 0 Å². The van der Waals surface area contributed by atoms with Crippen molar-refractivity contribution in [3.63, 3.8) is 0 Å². The summed E-state index contributed by atoms with van der Waals surface area (Å²) in [6.45, 7) is 7.11. The molecule has 10 heteroatoms. The van der Waals surface area contributed by atoms with Crippen molar-refractivity contribution < 1.29 is 42.9 Å². The summed E-state index contributed by atoms with van der Waals surface area (Å²) in [5.74, 6) is -1.44. The highest BCUT2D eigenvalue weighted by Gasteiger charge is 2.54. The molecule has 258 valence electrons. The first-order chi connectivity index (χ1) is 20.9. The van der Waals surface area contributed by atoms with Crippen molar-refractivity contribution in [3.8, 4) is 0 Å². The SMILES string of the molecule is CCCCCCCCCCCCCCCCCCS(C)(C)C1OC(COC(C)=O)C(OC(C)=O)C(OC(C)=O)C1OC(C)=O. The monoisotopic (exact) mass is 646 g/mol. The molecule has 1 aliphatic rings. The van der Waals surface area contributed by atoms with E-state index in [0.29, 0.717) is 0 Å². The summed E-state index contributed by atoms with van der Waals surface area (Å²) in [4.78, 5) is 47.9. The van der Waals surface area contributed by atoms with Crippen LogP contribution in [0.1, 0.15) is 137 Å². The quantitative estimate of drug-likeness (QED) is 0.0636. The molecular formula is C34H62O9S. The number of hydrogen-bond acceptors (Lipinski definition) is 9. The molecular weight excluding hydrogens is 584 g/mol. The molecule has 0 aromatic carbocycles. The lowest BCUT2D eigenvalue weighted by molar-refractivity contribution is -0.238. The van der Waals surface area contributed by atoms with Crippen LogP contribution >= 0.6 is 10.0 Å². The second-order valence-electron chi connectivity index (χ2n) is 12.7. The zero-order chi connectivity index (χ0) is 33.0. The number of ether oxygens (including phenoxy) is 5. The van der Waals surface area contributed by atoms with Gasteiger partial charge in [-0.3, -0.25) is 19.2 Å². The van der Waals surface area contributed by atoms with Gasteiger partial charge >= 0.3 is 23.9 Å². The highest BCUT2D eigenvalue weighted by Crippen LogP contribution is 2.52. The van der Waals surface area contributed by atoms with Gasteiger partial charge in [-0.1, -0.05) is 103 Å². The maximum Gasteiger partial charge on any atom is 0.303 e. The third-order valence-electron chi connectivity index (χ3n) is 8.10. The molecule has 1 fully saturated rings. The number of esters is 4. The van der Waals surface area contributed by atoms with E-state index in [0.717, 1.165) is 18.6 Å². The van der Waals surface area contributed by atoms with Crippen LogP contribution in [0.5, 0.6) is 0 Å². The van der Waals surface area contributed by atoms with Gasteiger partial charge in [0.1, 0.15) is 18.1 Å². The fraction of sp³-hybridized carbons (Fsp3) is 0.882. The molecule has 44 heavy (non-hydrogen) atoms. The number of unbranched alkanes of at least 4 members (excludes halogenated alkanes) is 15. The Morgan fingerprint density at radius 2 is 0.932 bits per heavy atom. The molecule has 0 spiro atoms. The maximum absolute atomic E-state index is 12.2. The molecule has 0 saturated carbocycles. The predicted molar refractivity (Wildman–Crippen MR) is 176 cm³/mol. The first kappa shape index (κ1) is 40.2. The van der Waals surface area contributed by atoms with E-state index in [1.807, 2.05) is 0 Å². The lowest BCUT2D eigenvalue weighted by Gasteiger charge is -2.51. The minimum atomic E-state index is -1.56. The number of carbonyl (C=O) groups excluding carboxylic acids is 4. The van der Waals surface area contributed by atoms with Crippen LogP contribution in [0.2, 0.25) is 0 Å². The maximum atomic E-state index is 12.2. The molecule has 1 rings (SSSR count). The molecule has 0 aliphatic carbocycles. The van der Waals surface area contributed by atoms with Crippen LogP contribution in [0.4, 0.5) is 0 Å². The summed E-state index contributed by atoms with van der Waals surface area (Å²) in [5.41, 5.74) is -0.612. The van der Waals surface area contributed by atoms with Gasteiger partial charge in [-0.15, -0.1) is 0 Å². The summed E-state index contributed by atoms with van der Waals surface area (Å²) in [6, 6.07) is 0. The van der Waals surface area contributed by atoms with Gasteiger partial charge in [-0.2, -0.15) is 0 Å². The van der Waals surface area contributed by atoms with Gasteiger partial charge in [0, 0.05) is 27.7 Å². The van der Waals surface area contributed by atoms with Crippen molar-refractivity contribution in [2.75, 3.05) is 24.9 Å². The molecule has 1 heterocycles. The Morgan fingerprint density at radius 1 is 0.545 bits per heavy atom. The van der Waals surface area contributed by atoms with Crippen LogP contribution in [0, 0.1) is 0 Å². The Morgan fingerprint density at radius 3 is 1.34 bits per heavy atom. The minimum absolute atomic E-state index is 0.192. The molecule has 0 amide bonds. The highest BCUT2D eigenvalue weighted by molar-refractivity contribution is 8.33. The average Bonchev–Trinajstić information content (AvgIpc) is 2.93. The van der Waals surface area contributed by atoms with E-state index in [4.69, 9.17) is 23.7 Å². The Bertz CT molecular complexity index is 847. The van der Waals surface area contributed by atoms with Gasteiger partial charge in [-0.05, 0) is 24.7 Å². The van der Waals surface area contributed by atoms with Crippen molar-refractivity contribution >= 4 is 33.9 Å². The van der Waals surface area contributed by atoms with Crippen molar-refractivity contribution in [3.05, 3.63) is 0 Å². The molecule has 5 atom stereocenters. The third-order valence-corrected chi connectivity index (χ3v) is 11.1. The van der Waals surface area contributed by atoms with Crippen LogP contribution < -0.4 is 0 Å². The Labute approximate surface area is 268 Å². The second kappa shape index (κ2) is 22.7. The second-order valence-corrected chi connectivity index (χ2v) is 16.8. The lowest BCUT2D eigenvalue weighted by Crippen LogP contribution is -2.63. The first-order valence-corrected chi connectivity index (χ1v) is 19.6. The predicted octanol–water partition coefficient (Wildman–Crippen LogP) is 7.40. The van der Waals surface area contributed by atoms with Crippen LogP contribution in [0.3, 0.4) is 0 Å². The van der Waals surface area contributed by atoms with E-state index < -0.39 is 63.8 Å². The van der Waals surface area contributed by atoms with Crippen molar-refractivity contribution in [2.45, 2.75) is 167 Å². The molecule has 0 aromatic heterocycles. The van der Waals surface area contributed by atoms with Crippen LogP contribution in [-0.4, -0.2) is 78.6 Å². The Hall–Kier alpha value is -1.81. The van der Waals surface area contributed by atoms with Crippen molar-refractivity contribution in [1.82, 2.24) is 0 Å². The molecule has 1 saturated heterocycles. The van der Waals surface area contributed by atoms with E-state index in [9.17, 15) is 19.2 Å². The summed E-state index contributed by atoms with van der Waals surface area (Å²) in [5, 5.41) is 0. The zero-order valence-corrected chi connectivity index (χ0v) is 29.5. The lowest BCUT2D eigenvalue weighted by atomic mass is 9.99. The normalized spacial score (nSPS) is 22.2. The number of hydrogen-bond donors (Lipinski definition) is 0. The van der Waals surface area contributed by atoms with E-state index in [2.05, 4.69) is 19.4 Å². The summed E-state index contributed by atoms with van der Waals surface area (Å²) in [6.07, 6.45) is 20.9. The third kappa shape index (κ3) is 17.0. The topological polar surface area (TPSA) is 114 Å². The van der Waals surface area contributed by atoms with E-state index in [-0.39, 0.29) is 6.61 Å². The number of carbonyl (C=O) groups is 4. The molecule has 0 bridgehead atoms. The molecule has 9 nitrogen and oxygen atoms in total. The van der Waals surface area contributed by atoms with Crippen molar-refractivity contribution in [2.24, 2.45) is 0 Å². The van der Waals surface area contributed by atoms with Gasteiger partial charge < -0.3 is 23.7 Å². The Balaban J connectivity index is 2.64. The molecule has 0 aromatic rings. The standard InChI is InChI=1S/C34H62O9S/c1-8-9-10-11-12-13-14-15-16-17-18-19-20-21-22-23-24-44(6,7)34-33(42-29(5)38)32(41-28(4)37)31(40-27(3)36)30(43-34)25-39-26(2)35/h30-34H,8-25H2,1-7H3. The van der Waals surface area contributed by atoms with Crippen LogP contribution in [0.15, 0.2) is 0 Å².